The fourth-order valence-corrected chi connectivity index (χ4v) is 1.68. The average Bonchev–Trinajstić information content (AvgIpc) is 2.72. The molecular weight excluding hydrogens is 256 g/mol. The molecule has 0 bridgehead atoms. The summed E-state index contributed by atoms with van der Waals surface area (Å²) in [6.07, 6.45) is 1.25. The van der Waals surface area contributed by atoms with Gasteiger partial charge in [0.2, 0.25) is 0 Å². The molecule has 18 heavy (non-hydrogen) atoms. The smallest absolute Gasteiger partial charge is 0.333 e. The van der Waals surface area contributed by atoms with E-state index in [0.29, 0.717) is 17.3 Å². The number of esters is 1. The minimum absolute atomic E-state index is 0.101. The molecule has 0 unspecified atom stereocenters. The van der Waals surface area contributed by atoms with Crippen LogP contribution in [0.2, 0.25) is 5.02 Å². The Balaban J connectivity index is 1.82. The van der Waals surface area contributed by atoms with E-state index in [-0.39, 0.29) is 12.6 Å². The van der Waals surface area contributed by atoms with Gasteiger partial charge >= 0.3 is 12.0 Å². The maximum atomic E-state index is 11.5. The third kappa shape index (κ3) is 3.49. The molecule has 5 nitrogen and oxygen atoms in total. The molecule has 2 N–H and O–H groups in total. The number of ether oxygens (including phenoxy) is 1. The van der Waals surface area contributed by atoms with Crippen LogP contribution in [0.5, 0.6) is 0 Å². The molecule has 0 saturated carbocycles. The van der Waals surface area contributed by atoms with Crippen LogP contribution in [0.25, 0.3) is 0 Å². The lowest BCUT2D eigenvalue weighted by atomic mass is 10.2. The first kappa shape index (κ1) is 12.4. The molecule has 2 amide bonds. The zero-order valence-corrected chi connectivity index (χ0v) is 10.2. The number of hydrogen-bond acceptors (Lipinski definition) is 3. The summed E-state index contributed by atoms with van der Waals surface area (Å²) in [5.74, 6) is -0.444. The second kappa shape index (κ2) is 5.55. The monoisotopic (exact) mass is 266 g/mol. The molecule has 1 aromatic rings. The van der Waals surface area contributed by atoms with Crippen LogP contribution in [0, 0.1) is 0 Å². The summed E-state index contributed by atoms with van der Waals surface area (Å²) >= 11 is 5.82. The number of carbonyl (C=O) groups excluding carboxylic acids is 2. The van der Waals surface area contributed by atoms with Crippen molar-refractivity contribution in [3.05, 3.63) is 46.6 Å². The third-order valence-electron chi connectivity index (χ3n) is 2.28. The van der Waals surface area contributed by atoms with E-state index in [4.69, 9.17) is 11.6 Å². The largest absolute Gasteiger partial charge is 0.456 e. The van der Waals surface area contributed by atoms with E-state index in [1.165, 1.54) is 6.08 Å². The normalized spacial score (nSPS) is 13.8. The number of rotatable bonds is 3. The fourth-order valence-electron chi connectivity index (χ4n) is 1.47. The summed E-state index contributed by atoms with van der Waals surface area (Å²) in [4.78, 5) is 22.3. The number of carbonyl (C=O) groups is 2. The Labute approximate surface area is 109 Å². The van der Waals surface area contributed by atoms with Crippen molar-refractivity contribution in [2.24, 2.45) is 0 Å². The third-order valence-corrected chi connectivity index (χ3v) is 2.51. The Morgan fingerprint density at radius 1 is 1.44 bits per heavy atom. The SMILES string of the molecule is O=C(NCc1cccc(Cl)c1)NC1=CC(=O)OC1. The first-order valence-electron chi connectivity index (χ1n) is 5.30. The zero-order chi connectivity index (χ0) is 13.0. The second-order valence-corrected chi connectivity index (χ2v) is 4.15. The van der Waals surface area contributed by atoms with Gasteiger partial charge in [0.15, 0.2) is 0 Å². The van der Waals surface area contributed by atoms with Gasteiger partial charge in [-0.15, -0.1) is 0 Å². The molecular formula is C12H11ClN2O3. The van der Waals surface area contributed by atoms with Gasteiger partial charge in [-0.3, -0.25) is 0 Å². The topological polar surface area (TPSA) is 67.4 Å². The molecule has 0 spiro atoms. The van der Waals surface area contributed by atoms with E-state index in [9.17, 15) is 9.59 Å². The van der Waals surface area contributed by atoms with Crippen LogP contribution in [0.4, 0.5) is 4.79 Å². The lowest BCUT2D eigenvalue weighted by Gasteiger charge is -2.07. The van der Waals surface area contributed by atoms with E-state index in [2.05, 4.69) is 15.4 Å². The lowest BCUT2D eigenvalue weighted by molar-refractivity contribution is -0.134. The van der Waals surface area contributed by atoms with Gasteiger partial charge in [-0.05, 0) is 17.7 Å². The Kier molecular flexibility index (Phi) is 3.84. The van der Waals surface area contributed by atoms with E-state index >= 15 is 0 Å². The van der Waals surface area contributed by atoms with Gasteiger partial charge in [0, 0.05) is 17.6 Å². The molecule has 0 atom stereocenters. The van der Waals surface area contributed by atoms with Gasteiger partial charge in [-0.25, -0.2) is 9.59 Å². The summed E-state index contributed by atoms with van der Waals surface area (Å²) in [6.45, 7) is 0.456. The van der Waals surface area contributed by atoms with Crippen LogP contribution >= 0.6 is 11.6 Å². The molecule has 1 aromatic carbocycles. The second-order valence-electron chi connectivity index (χ2n) is 3.71. The van der Waals surface area contributed by atoms with E-state index < -0.39 is 5.97 Å². The van der Waals surface area contributed by atoms with Gasteiger partial charge < -0.3 is 15.4 Å². The maximum Gasteiger partial charge on any atom is 0.333 e. The minimum Gasteiger partial charge on any atom is -0.456 e. The predicted molar refractivity (Wildman–Crippen MR) is 65.9 cm³/mol. The number of cyclic esters (lactones) is 1. The summed E-state index contributed by atoms with van der Waals surface area (Å²) in [7, 11) is 0. The Bertz CT molecular complexity index is 514. The molecule has 94 valence electrons. The lowest BCUT2D eigenvalue weighted by Crippen LogP contribution is -2.34. The number of urea groups is 1. The highest BCUT2D eigenvalue weighted by molar-refractivity contribution is 6.30. The Morgan fingerprint density at radius 3 is 2.94 bits per heavy atom. The number of halogens is 1. The van der Waals surface area contributed by atoms with Gasteiger partial charge in [0.25, 0.3) is 0 Å². The highest BCUT2D eigenvalue weighted by Gasteiger charge is 2.14. The number of benzene rings is 1. The van der Waals surface area contributed by atoms with Crippen molar-refractivity contribution >= 4 is 23.6 Å². The van der Waals surface area contributed by atoms with Crippen molar-refractivity contribution in [1.82, 2.24) is 10.6 Å². The number of nitrogens with one attached hydrogen (secondary N) is 2. The molecule has 0 fully saturated rings. The minimum atomic E-state index is -0.444. The standard InChI is InChI=1S/C12H11ClN2O3/c13-9-3-1-2-8(4-9)6-14-12(17)15-10-5-11(16)18-7-10/h1-5H,6-7H2,(H2,14,15,17). The fraction of sp³-hybridized carbons (Fsp3) is 0.167. The van der Waals surface area contributed by atoms with E-state index in [1.807, 2.05) is 12.1 Å². The maximum absolute atomic E-state index is 11.5. The van der Waals surface area contributed by atoms with Crippen molar-refractivity contribution in [3.8, 4) is 0 Å². The van der Waals surface area contributed by atoms with Crippen LogP contribution < -0.4 is 10.6 Å². The first-order chi connectivity index (χ1) is 8.63. The van der Waals surface area contributed by atoms with Crippen molar-refractivity contribution in [1.29, 1.82) is 0 Å². The van der Waals surface area contributed by atoms with E-state index in [1.54, 1.807) is 12.1 Å². The van der Waals surface area contributed by atoms with Gasteiger partial charge in [-0.2, -0.15) is 0 Å². The van der Waals surface area contributed by atoms with Crippen molar-refractivity contribution < 1.29 is 14.3 Å². The van der Waals surface area contributed by atoms with E-state index in [0.717, 1.165) is 5.56 Å². The van der Waals surface area contributed by atoms with Crippen LogP contribution in [-0.2, 0) is 16.1 Å². The van der Waals surface area contributed by atoms with Crippen molar-refractivity contribution in [3.63, 3.8) is 0 Å². The summed E-state index contributed by atoms with van der Waals surface area (Å²) in [6, 6.07) is 6.80. The predicted octanol–water partition coefficient (Wildman–Crippen LogP) is 1.58. The van der Waals surface area contributed by atoms with Gasteiger partial charge in [0.05, 0.1) is 5.70 Å². The summed E-state index contributed by atoms with van der Waals surface area (Å²) in [5.41, 5.74) is 1.34. The highest BCUT2D eigenvalue weighted by Crippen LogP contribution is 2.10. The quantitative estimate of drug-likeness (QED) is 0.816. The van der Waals surface area contributed by atoms with Crippen molar-refractivity contribution in [2.75, 3.05) is 6.61 Å². The first-order valence-corrected chi connectivity index (χ1v) is 5.68. The van der Waals surface area contributed by atoms with Gasteiger partial charge in [-0.1, -0.05) is 23.7 Å². The molecule has 6 heteroatoms. The van der Waals surface area contributed by atoms with Crippen LogP contribution in [0.3, 0.4) is 0 Å². The average molecular weight is 267 g/mol. The molecule has 0 radical (unpaired) electrons. The van der Waals surface area contributed by atoms with Crippen LogP contribution in [-0.4, -0.2) is 18.6 Å². The zero-order valence-electron chi connectivity index (χ0n) is 9.40. The van der Waals surface area contributed by atoms with Crippen LogP contribution in [0.15, 0.2) is 36.0 Å². The van der Waals surface area contributed by atoms with Crippen LogP contribution in [0.1, 0.15) is 5.56 Å². The Morgan fingerprint density at radius 2 is 2.28 bits per heavy atom. The summed E-state index contributed by atoms with van der Waals surface area (Å²) < 4.78 is 4.65. The highest BCUT2D eigenvalue weighted by atomic mass is 35.5. The number of hydrogen-bond donors (Lipinski definition) is 2. The molecule has 1 aliphatic rings. The van der Waals surface area contributed by atoms with Gasteiger partial charge in [0.1, 0.15) is 6.61 Å². The molecule has 0 aromatic heterocycles. The molecule has 1 aliphatic heterocycles. The molecule has 0 saturated heterocycles. The molecule has 2 rings (SSSR count). The Hall–Kier alpha value is -2.01. The molecule has 0 aliphatic carbocycles. The number of amides is 2. The van der Waals surface area contributed by atoms with Crippen molar-refractivity contribution in [2.45, 2.75) is 6.54 Å². The molecule has 1 heterocycles. The summed E-state index contributed by atoms with van der Waals surface area (Å²) in [5, 5.41) is 5.80.